The molecule has 10 heavy (non-hydrogen) atoms. The summed E-state index contributed by atoms with van der Waals surface area (Å²) < 4.78 is 12.8. The molecule has 62 valence electrons. The summed E-state index contributed by atoms with van der Waals surface area (Å²) in [4.78, 5) is 0. The van der Waals surface area contributed by atoms with Gasteiger partial charge in [0.25, 0.3) is 0 Å². The minimum absolute atomic E-state index is 0.506. The first kappa shape index (κ1) is 9.93. The molecule has 0 aliphatic rings. The highest BCUT2D eigenvalue weighted by Crippen LogP contribution is 2.13. The minimum Gasteiger partial charge on any atom is -0.247 e. The standard InChI is InChI=1S/C9H19F/c1-4-5-6-9(10)7-8(2)3/h8-9H,4-7H2,1-3H3/t9-/m1/s1. The monoisotopic (exact) mass is 146 g/mol. The first-order valence-corrected chi connectivity index (χ1v) is 4.30. The average Bonchev–Trinajstić information content (AvgIpc) is 1.82. The summed E-state index contributed by atoms with van der Waals surface area (Å²) in [5.41, 5.74) is 0. The Hall–Kier alpha value is -0.0700. The van der Waals surface area contributed by atoms with Crippen LogP contribution in [0.5, 0.6) is 0 Å². The molecule has 0 N–H and O–H groups in total. The first-order chi connectivity index (χ1) is 4.66. The van der Waals surface area contributed by atoms with E-state index in [0.29, 0.717) is 5.92 Å². The lowest BCUT2D eigenvalue weighted by molar-refractivity contribution is 0.262. The van der Waals surface area contributed by atoms with E-state index in [-0.39, 0.29) is 0 Å². The molecule has 1 atom stereocenters. The third-order valence-electron chi connectivity index (χ3n) is 1.60. The lowest BCUT2D eigenvalue weighted by Crippen LogP contribution is -2.03. The Kier molecular flexibility index (Phi) is 5.66. The summed E-state index contributed by atoms with van der Waals surface area (Å²) in [7, 11) is 0. The maximum absolute atomic E-state index is 12.8. The summed E-state index contributed by atoms with van der Waals surface area (Å²) in [6.45, 7) is 6.24. The van der Waals surface area contributed by atoms with Crippen LogP contribution >= 0.6 is 0 Å². The molecule has 0 aromatic heterocycles. The van der Waals surface area contributed by atoms with Crippen molar-refractivity contribution in [2.24, 2.45) is 5.92 Å². The van der Waals surface area contributed by atoms with Gasteiger partial charge in [-0.1, -0.05) is 33.6 Å². The zero-order chi connectivity index (χ0) is 7.98. The van der Waals surface area contributed by atoms with E-state index in [1.165, 1.54) is 0 Å². The number of hydrogen-bond acceptors (Lipinski definition) is 0. The summed E-state index contributed by atoms with van der Waals surface area (Å²) in [6.07, 6.45) is 3.08. The second-order valence-electron chi connectivity index (χ2n) is 3.37. The molecule has 0 spiro atoms. The van der Waals surface area contributed by atoms with Gasteiger partial charge in [0.15, 0.2) is 0 Å². The molecular weight excluding hydrogens is 127 g/mol. The van der Waals surface area contributed by atoms with Crippen LogP contribution in [0.3, 0.4) is 0 Å². The van der Waals surface area contributed by atoms with Crippen LogP contribution in [0, 0.1) is 5.92 Å². The van der Waals surface area contributed by atoms with Gasteiger partial charge in [0, 0.05) is 0 Å². The van der Waals surface area contributed by atoms with Crippen molar-refractivity contribution < 1.29 is 4.39 Å². The van der Waals surface area contributed by atoms with Gasteiger partial charge in [0.05, 0.1) is 0 Å². The SMILES string of the molecule is CCCC[C@@H](F)CC(C)C. The van der Waals surface area contributed by atoms with E-state index in [2.05, 4.69) is 20.8 Å². The zero-order valence-corrected chi connectivity index (χ0v) is 7.36. The van der Waals surface area contributed by atoms with E-state index in [4.69, 9.17) is 0 Å². The van der Waals surface area contributed by atoms with Crippen molar-refractivity contribution >= 4 is 0 Å². The van der Waals surface area contributed by atoms with Gasteiger partial charge in [-0.3, -0.25) is 0 Å². The van der Waals surface area contributed by atoms with Crippen LogP contribution in [0.4, 0.5) is 4.39 Å². The molecule has 1 heteroatoms. The second kappa shape index (κ2) is 5.70. The molecule has 0 heterocycles. The van der Waals surface area contributed by atoms with E-state index >= 15 is 0 Å². The topological polar surface area (TPSA) is 0 Å². The normalized spacial score (nSPS) is 14.1. The lowest BCUT2D eigenvalue weighted by atomic mass is 10.0. The lowest BCUT2D eigenvalue weighted by Gasteiger charge is -2.08. The Morgan fingerprint density at radius 1 is 1.30 bits per heavy atom. The van der Waals surface area contributed by atoms with Crippen LogP contribution in [-0.2, 0) is 0 Å². The fraction of sp³-hybridized carbons (Fsp3) is 1.00. The molecule has 0 amide bonds. The van der Waals surface area contributed by atoms with E-state index in [1.807, 2.05) is 0 Å². The van der Waals surface area contributed by atoms with Gasteiger partial charge in [0.2, 0.25) is 0 Å². The molecule has 0 unspecified atom stereocenters. The van der Waals surface area contributed by atoms with Crippen LogP contribution in [0.25, 0.3) is 0 Å². The highest BCUT2D eigenvalue weighted by molar-refractivity contribution is 4.58. The van der Waals surface area contributed by atoms with Crippen molar-refractivity contribution in [2.75, 3.05) is 0 Å². The van der Waals surface area contributed by atoms with E-state index in [1.54, 1.807) is 0 Å². The second-order valence-corrected chi connectivity index (χ2v) is 3.37. The van der Waals surface area contributed by atoms with Crippen LogP contribution in [0.2, 0.25) is 0 Å². The largest absolute Gasteiger partial charge is 0.247 e. The fourth-order valence-electron chi connectivity index (χ4n) is 1.05. The van der Waals surface area contributed by atoms with Gasteiger partial charge in [0.1, 0.15) is 6.17 Å². The predicted molar refractivity (Wildman–Crippen MR) is 43.9 cm³/mol. The number of rotatable bonds is 5. The highest BCUT2D eigenvalue weighted by Gasteiger charge is 2.07. The van der Waals surface area contributed by atoms with Crippen LogP contribution in [-0.4, -0.2) is 6.17 Å². The molecular formula is C9H19F. The summed E-state index contributed by atoms with van der Waals surface area (Å²) in [5, 5.41) is 0. The van der Waals surface area contributed by atoms with E-state index in [0.717, 1.165) is 25.7 Å². The van der Waals surface area contributed by atoms with Gasteiger partial charge in [-0.2, -0.15) is 0 Å². The van der Waals surface area contributed by atoms with Gasteiger partial charge in [-0.25, -0.2) is 4.39 Å². The highest BCUT2D eigenvalue weighted by atomic mass is 19.1. The zero-order valence-electron chi connectivity index (χ0n) is 7.36. The Bertz CT molecular complexity index is 69.1. The summed E-state index contributed by atoms with van der Waals surface area (Å²) in [5.74, 6) is 0.506. The van der Waals surface area contributed by atoms with Crippen LogP contribution in [0.15, 0.2) is 0 Å². The van der Waals surface area contributed by atoms with Crippen molar-refractivity contribution in [2.45, 2.75) is 52.6 Å². The number of unbranched alkanes of at least 4 members (excludes halogenated alkanes) is 1. The Morgan fingerprint density at radius 2 is 1.90 bits per heavy atom. The molecule has 0 aliphatic carbocycles. The maximum Gasteiger partial charge on any atom is 0.100 e. The van der Waals surface area contributed by atoms with E-state index < -0.39 is 6.17 Å². The third kappa shape index (κ3) is 6.06. The summed E-state index contributed by atoms with van der Waals surface area (Å²) >= 11 is 0. The smallest absolute Gasteiger partial charge is 0.100 e. The number of alkyl halides is 1. The van der Waals surface area contributed by atoms with Crippen molar-refractivity contribution in [3.63, 3.8) is 0 Å². The Balaban J connectivity index is 3.16. The molecule has 0 aromatic rings. The fourth-order valence-corrected chi connectivity index (χ4v) is 1.05. The molecule has 0 nitrogen and oxygen atoms in total. The Morgan fingerprint density at radius 3 is 2.30 bits per heavy atom. The van der Waals surface area contributed by atoms with Crippen LogP contribution in [0.1, 0.15) is 46.5 Å². The molecule has 0 aliphatic heterocycles. The molecule has 0 radical (unpaired) electrons. The van der Waals surface area contributed by atoms with Crippen molar-refractivity contribution in [3.05, 3.63) is 0 Å². The number of halogens is 1. The van der Waals surface area contributed by atoms with E-state index in [9.17, 15) is 4.39 Å². The average molecular weight is 146 g/mol. The van der Waals surface area contributed by atoms with Gasteiger partial charge < -0.3 is 0 Å². The van der Waals surface area contributed by atoms with Gasteiger partial charge >= 0.3 is 0 Å². The molecule has 0 saturated heterocycles. The van der Waals surface area contributed by atoms with Gasteiger partial charge in [-0.15, -0.1) is 0 Å². The maximum atomic E-state index is 12.8. The predicted octanol–water partition coefficient (Wildman–Crippen LogP) is 3.56. The van der Waals surface area contributed by atoms with Gasteiger partial charge in [-0.05, 0) is 18.8 Å². The van der Waals surface area contributed by atoms with Crippen molar-refractivity contribution in [1.29, 1.82) is 0 Å². The molecule has 0 aromatic carbocycles. The molecule has 0 rings (SSSR count). The quantitative estimate of drug-likeness (QED) is 0.556. The third-order valence-corrected chi connectivity index (χ3v) is 1.60. The van der Waals surface area contributed by atoms with Crippen molar-refractivity contribution in [1.82, 2.24) is 0 Å². The minimum atomic E-state index is -0.556. The summed E-state index contributed by atoms with van der Waals surface area (Å²) in [6, 6.07) is 0. The molecule has 0 saturated carbocycles. The van der Waals surface area contributed by atoms with Crippen molar-refractivity contribution in [3.8, 4) is 0 Å². The molecule has 0 bridgehead atoms. The van der Waals surface area contributed by atoms with Crippen LogP contribution < -0.4 is 0 Å². The first-order valence-electron chi connectivity index (χ1n) is 4.30. The number of hydrogen-bond donors (Lipinski definition) is 0. The Labute approximate surface area is 63.8 Å². The molecule has 0 fully saturated rings.